The van der Waals surface area contributed by atoms with E-state index in [-0.39, 0.29) is 12.4 Å². The van der Waals surface area contributed by atoms with Crippen molar-refractivity contribution >= 4 is 12.4 Å². The first-order valence-electron chi connectivity index (χ1n) is 8.37. The van der Waals surface area contributed by atoms with Gasteiger partial charge in [0.15, 0.2) is 0 Å². The molecule has 1 aliphatic heterocycles. The molecule has 0 aromatic heterocycles. The van der Waals surface area contributed by atoms with E-state index in [0.29, 0.717) is 5.92 Å². The molecule has 1 aliphatic rings. The minimum Gasteiger partial charge on any atom is -0.494 e. The number of benzene rings is 2. The van der Waals surface area contributed by atoms with E-state index in [4.69, 9.17) is 4.74 Å². The highest BCUT2D eigenvalue weighted by molar-refractivity contribution is 5.85. The lowest BCUT2D eigenvalue weighted by molar-refractivity contribution is 0.189. The Labute approximate surface area is 145 Å². The molecule has 1 heterocycles. The zero-order valence-electron chi connectivity index (χ0n) is 13.6. The average molecular weight is 332 g/mol. The molecule has 1 fully saturated rings. The van der Waals surface area contributed by atoms with Gasteiger partial charge in [-0.2, -0.15) is 0 Å². The topological polar surface area (TPSA) is 12.5 Å². The normalized spacial score (nSPS) is 18.2. The highest BCUT2D eigenvalue weighted by Gasteiger charge is 2.20. The minimum atomic E-state index is 0. The predicted octanol–water partition coefficient (Wildman–Crippen LogP) is 4.76. The van der Waals surface area contributed by atoms with Crippen LogP contribution in [-0.4, -0.2) is 31.1 Å². The van der Waals surface area contributed by atoms with Crippen molar-refractivity contribution in [3.05, 3.63) is 66.2 Å². The van der Waals surface area contributed by atoms with Gasteiger partial charge in [-0.05, 0) is 49.4 Å². The molecule has 1 unspecified atom stereocenters. The molecule has 1 saturated heterocycles. The van der Waals surface area contributed by atoms with Gasteiger partial charge in [0.2, 0.25) is 0 Å². The maximum absolute atomic E-state index is 5.78. The molecule has 1 atom stereocenters. The summed E-state index contributed by atoms with van der Waals surface area (Å²) in [7, 11) is 0. The van der Waals surface area contributed by atoms with E-state index in [1.807, 2.05) is 30.3 Å². The highest BCUT2D eigenvalue weighted by atomic mass is 35.5. The quantitative estimate of drug-likeness (QED) is 0.708. The van der Waals surface area contributed by atoms with E-state index in [1.54, 1.807) is 0 Å². The van der Waals surface area contributed by atoms with Gasteiger partial charge in [-0.1, -0.05) is 48.5 Å². The van der Waals surface area contributed by atoms with Crippen molar-refractivity contribution in [3.63, 3.8) is 0 Å². The number of ether oxygens (including phenoxy) is 1. The fourth-order valence-electron chi connectivity index (χ4n) is 3.25. The second-order valence-corrected chi connectivity index (χ2v) is 6.07. The molecule has 0 bridgehead atoms. The Hall–Kier alpha value is -1.51. The average Bonchev–Trinajstić information content (AvgIpc) is 2.61. The zero-order valence-corrected chi connectivity index (χ0v) is 14.4. The van der Waals surface area contributed by atoms with Crippen LogP contribution in [0.25, 0.3) is 0 Å². The number of halogens is 1. The summed E-state index contributed by atoms with van der Waals surface area (Å²) in [5.41, 5.74) is 1.49. The van der Waals surface area contributed by atoms with Crippen molar-refractivity contribution in [1.29, 1.82) is 0 Å². The van der Waals surface area contributed by atoms with Crippen LogP contribution < -0.4 is 4.74 Å². The first-order chi connectivity index (χ1) is 10.9. The van der Waals surface area contributed by atoms with Crippen molar-refractivity contribution in [2.24, 2.45) is 0 Å². The Balaban J connectivity index is 0.00000192. The standard InChI is InChI=1S/C20H25NO.ClH/c1-3-9-18(10-4-1)19-11-7-14-21(17-19)15-8-16-22-20-12-5-2-6-13-20;/h1-6,9-10,12-13,19H,7-8,11,14-17H2;1H. The molecule has 2 nitrogen and oxygen atoms in total. The molecule has 23 heavy (non-hydrogen) atoms. The number of para-hydroxylation sites is 1. The first-order valence-corrected chi connectivity index (χ1v) is 8.37. The summed E-state index contributed by atoms with van der Waals surface area (Å²) in [4.78, 5) is 2.59. The molecule has 0 N–H and O–H groups in total. The lowest BCUT2D eigenvalue weighted by Gasteiger charge is -2.33. The molecule has 3 rings (SSSR count). The van der Waals surface area contributed by atoms with E-state index in [2.05, 4.69) is 35.2 Å². The number of piperidine rings is 1. The summed E-state index contributed by atoms with van der Waals surface area (Å²) >= 11 is 0. The van der Waals surface area contributed by atoms with Crippen LogP contribution in [0.15, 0.2) is 60.7 Å². The number of hydrogen-bond acceptors (Lipinski definition) is 2. The summed E-state index contributed by atoms with van der Waals surface area (Å²) in [6, 6.07) is 21.0. The van der Waals surface area contributed by atoms with Gasteiger partial charge in [0.1, 0.15) is 5.75 Å². The highest BCUT2D eigenvalue weighted by Crippen LogP contribution is 2.26. The molecule has 2 aromatic rings. The number of hydrogen-bond donors (Lipinski definition) is 0. The molecular weight excluding hydrogens is 306 g/mol. The Morgan fingerprint density at radius 3 is 2.39 bits per heavy atom. The minimum absolute atomic E-state index is 0. The van der Waals surface area contributed by atoms with Crippen LogP contribution in [0.1, 0.15) is 30.7 Å². The summed E-state index contributed by atoms with van der Waals surface area (Å²) < 4.78 is 5.78. The zero-order chi connectivity index (χ0) is 15.0. The summed E-state index contributed by atoms with van der Waals surface area (Å²) in [6.45, 7) is 4.36. The summed E-state index contributed by atoms with van der Waals surface area (Å²) in [6.07, 6.45) is 3.72. The monoisotopic (exact) mass is 331 g/mol. The maximum atomic E-state index is 5.78. The SMILES string of the molecule is Cl.c1ccc(OCCCN2CCCC(c3ccccc3)C2)cc1. The van der Waals surface area contributed by atoms with E-state index in [1.165, 1.54) is 31.5 Å². The van der Waals surface area contributed by atoms with Crippen LogP contribution >= 0.6 is 12.4 Å². The van der Waals surface area contributed by atoms with Gasteiger partial charge in [0.25, 0.3) is 0 Å². The van der Waals surface area contributed by atoms with Crippen molar-refractivity contribution < 1.29 is 4.74 Å². The third kappa shape index (κ3) is 5.56. The molecule has 0 aliphatic carbocycles. The van der Waals surface area contributed by atoms with Crippen LogP contribution in [0.2, 0.25) is 0 Å². The molecule has 0 amide bonds. The van der Waals surface area contributed by atoms with E-state index < -0.39 is 0 Å². The van der Waals surface area contributed by atoms with Crippen molar-refractivity contribution in [2.45, 2.75) is 25.2 Å². The van der Waals surface area contributed by atoms with Crippen molar-refractivity contribution in [1.82, 2.24) is 4.90 Å². The summed E-state index contributed by atoms with van der Waals surface area (Å²) in [5.74, 6) is 1.67. The lowest BCUT2D eigenvalue weighted by atomic mass is 9.90. The first kappa shape index (κ1) is 17.8. The third-order valence-electron chi connectivity index (χ3n) is 4.41. The van der Waals surface area contributed by atoms with Crippen LogP contribution in [-0.2, 0) is 0 Å². The van der Waals surface area contributed by atoms with Gasteiger partial charge in [-0.25, -0.2) is 0 Å². The Morgan fingerprint density at radius 1 is 0.957 bits per heavy atom. The van der Waals surface area contributed by atoms with Gasteiger partial charge in [0.05, 0.1) is 6.61 Å². The van der Waals surface area contributed by atoms with Crippen LogP contribution in [0, 0.1) is 0 Å². The molecule has 3 heteroatoms. The Bertz CT molecular complexity index is 546. The second kappa shape index (κ2) is 9.59. The lowest BCUT2D eigenvalue weighted by Crippen LogP contribution is -2.35. The molecule has 0 spiro atoms. The number of likely N-dealkylation sites (tertiary alicyclic amines) is 1. The number of rotatable bonds is 6. The van der Waals surface area contributed by atoms with Crippen LogP contribution in [0.5, 0.6) is 5.75 Å². The second-order valence-electron chi connectivity index (χ2n) is 6.07. The third-order valence-corrected chi connectivity index (χ3v) is 4.41. The fraction of sp³-hybridized carbons (Fsp3) is 0.400. The van der Waals surface area contributed by atoms with Crippen molar-refractivity contribution in [3.8, 4) is 5.75 Å². The molecule has 124 valence electrons. The van der Waals surface area contributed by atoms with Crippen LogP contribution in [0.4, 0.5) is 0 Å². The molecular formula is C20H26ClNO. The van der Waals surface area contributed by atoms with Gasteiger partial charge >= 0.3 is 0 Å². The Morgan fingerprint density at radius 2 is 1.65 bits per heavy atom. The molecule has 0 radical (unpaired) electrons. The summed E-state index contributed by atoms with van der Waals surface area (Å²) in [5, 5.41) is 0. The van der Waals surface area contributed by atoms with E-state index in [9.17, 15) is 0 Å². The predicted molar refractivity (Wildman–Crippen MR) is 98.7 cm³/mol. The van der Waals surface area contributed by atoms with Crippen LogP contribution in [0.3, 0.4) is 0 Å². The van der Waals surface area contributed by atoms with Gasteiger partial charge in [0, 0.05) is 13.1 Å². The van der Waals surface area contributed by atoms with Crippen molar-refractivity contribution in [2.75, 3.05) is 26.2 Å². The smallest absolute Gasteiger partial charge is 0.119 e. The molecule has 2 aromatic carbocycles. The van der Waals surface area contributed by atoms with E-state index in [0.717, 1.165) is 25.3 Å². The Kier molecular flexibility index (Phi) is 7.44. The van der Waals surface area contributed by atoms with Gasteiger partial charge < -0.3 is 9.64 Å². The van der Waals surface area contributed by atoms with Gasteiger partial charge in [-0.15, -0.1) is 12.4 Å². The number of nitrogens with zero attached hydrogens (tertiary/aromatic N) is 1. The maximum Gasteiger partial charge on any atom is 0.119 e. The molecule has 0 saturated carbocycles. The van der Waals surface area contributed by atoms with E-state index >= 15 is 0 Å². The fourth-order valence-corrected chi connectivity index (χ4v) is 3.25. The largest absolute Gasteiger partial charge is 0.494 e. The van der Waals surface area contributed by atoms with Gasteiger partial charge in [-0.3, -0.25) is 0 Å².